The first-order valence-corrected chi connectivity index (χ1v) is 5.95. The Balaban J connectivity index is 2.67. The number of hydrogen-bond acceptors (Lipinski definition) is 5. The molecular weight excluding hydrogens is 262 g/mol. The van der Waals surface area contributed by atoms with Crippen LogP contribution >= 0.6 is 0 Å². The SMILES string of the molecule is CCNC(=O)C(=O)N/N=C\c1ccc(OC)c(OC)c1. The van der Waals surface area contributed by atoms with Gasteiger partial charge in [0, 0.05) is 6.54 Å². The molecule has 20 heavy (non-hydrogen) atoms. The van der Waals surface area contributed by atoms with Gasteiger partial charge in [-0.2, -0.15) is 5.10 Å². The summed E-state index contributed by atoms with van der Waals surface area (Å²) in [6.45, 7) is 2.10. The van der Waals surface area contributed by atoms with Crippen LogP contribution in [0.25, 0.3) is 0 Å². The predicted octanol–water partition coefficient (Wildman–Crippen LogP) is 0.290. The number of amides is 2. The molecule has 2 N–H and O–H groups in total. The number of hydrogen-bond donors (Lipinski definition) is 2. The Morgan fingerprint density at radius 2 is 1.90 bits per heavy atom. The number of methoxy groups -OCH3 is 2. The summed E-state index contributed by atoms with van der Waals surface area (Å²) < 4.78 is 10.2. The minimum absolute atomic E-state index is 0.381. The summed E-state index contributed by atoms with van der Waals surface area (Å²) in [5.41, 5.74) is 2.82. The van der Waals surface area contributed by atoms with E-state index in [0.717, 1.165) is 0 Å². The molecule has 108 valence electrons. The standard InChI is InChI=1S/C13H17N3O4/c1-4-14-12(17)13(18)16-15-8-9-5-6-10(19-2)11(7-9)20-3/h5-8H,4H2,1-3H3,(H,14,17)(H,16,18)/b15-8-. The highest BCUT2D eigenvalue weighted by molar-refractivity contribution is 6.35. The Labute approximate surface area is 117 Å². The third-order valence-corrected chi connectivity index (χ3v) is 2.33. The fraction of sp³-hybridized carbons (Fsp3) is 0.308. The van der Waals surface area contributed by atoms with Gasteiger partial charge in [0.25, 0.3) is 0 Å². The molecule has 0 saturated carbocycles. The smallest absolute Gasteiger partial charge is 0.329 e. The molecule has 7 heteroatoms. The number of rotatable bonds is 5. The first-order valence-electron chi connectivity index (χ1n) is 5.95. The van der Waals surface area contributed by atoms with Crippen molar-refractivity contribution in [2.45, 2.75) is 6.92 Å². The van der Waals surface area contributed by atoms with E-state index >= 15 is 0 Å². The molecule has 0 atom stereocenters. The summed E-state index contributed by atoms with van der Waals surface area (Å²) in [5, 5.41) is 6.06. The number of nitrogens with zero attached hydrogens (tertiary/aromatic N) is 1. The monoisotopic (exact) mass is 279 g/mol. The van der Waals surface area contributed by atoms with Gasteiger partial charge in [-0.1, -0.05) is 0 Å². The predicted molar refractivity (Wildman–Crippen MR) is 74.0 cm³/mol. The van der Waals surface area contributed by atoms with Gasteiger partial charge in [-0.05, 0) is 30.7 Å². The Kier molecular flexibility index (Phi) is 6.02. The molecule has 0 fully saturated rings. The number of carbonyl (C=O) groups is 2. The van der Waals surface area contributed by atoms with Crippen LogP contribution in [-0.4, -0.2) is 38.8 Å². The van der Waals surface area contributed by atoms with Crippen molar-refractivity contribution in [1.29, 1.82) is 0 Å². The van der Waals surface area contributed by atoms with E-state index in [0.29, 0.717) is 23.6 Å². The summed E-state index contributed by atoms with van der Waals surface area (Å²) in [6.07, 6.45) is 1.40. The Hall–Kier alpha value is -2.57. The zero-order valence-electron chi connectivity index (χ0n) is 11.6. The van der Waals surface area contributed by atoms with Crippen LogP contribution in [0.15, 0.2) is 23.3 Å². The van der Waals surface area contributed by atoms with Gasteiger partial charge in [-0.3, -0.25) is 9.59 Å². The number of benzene rings is 1. The molecule has 0 spiro atoms. The van der Waals surface area contributed by atoms with Crippen LogP contribution in [0, 0.1) is 0 Å². The minimum atomic E-state index is -0.816. The average molecular weight is 279 g/mol. The van der Waals surface area contributed by atoms with Gasteiger partial charge in [0.05, 0.1) is 20.4 Å². The van der Waals surface area contributed by atoms with Gasteiger partial charge in [-0.25, -0.2) is 5.43 Å². The fourth-order valence-electron chi connectivity index (χ4n) is 1.39. The molecule has 0 unspecified atom stereocenters. The zero-order valence-corrected chi connectivity index (χ0v) is 11.6. The van der Waals surface area contributed by atoms with Crippen molar-refractivity contribution in [2.24, 2.45) is 5.10 Å². The lowest BCUT2D eigenvalue weighted by atomic mass is 10.2. The first-order chi connectivity index (χ1) is 9.62. The molecule has 1 aromatic carbocycles. The molecule has 0 aliphatic rings. The van der Waals surface area contributed by atoms with E-state index in [-0.39, 0.29) is 0 Å². The summed E-state index contributed by atoms with van der Waals surface area (Å²) in [5.74, 6) is -0.400. The summed E-state index contributed by atoms with van der Waals surface area (Å²) in [7, 11) is 3.06. The summed E-state index contributed by atoms with van der Waals surface area (Å²) in [6, 6.07) is 5.15. The second-order valence-electron chi connectivity index (χ2n) is 3.67. The Morgan fingerprint density at radius 1 is 1.20 bits per heavy atom. The van der Waals surface area contributed by atoms with Gasteiger partial charge < -0.3 is 14.8 Å². The third-order valence-electron chi connectivity index (χ3n) is 2.33. The van der Waals surface area contributed by atoms with Crippen molar-refractivity contribution in [3.63, 3.8) is 0 Å². The molecule has 0 saturated heterocycles. The molecule has 0 bridgehead atoms. The lowest BCUT2D eigenvalue weighted by Crippen LogP contribution is -2.37. The second kappa shape index (κ2) is 7.78. The molecule has 7 nitrogen and oxygen atoms in total. The number of carbonyl (C=O) groups excluding carboxylic acids is 2. The molecule has 0 aliphatic carbocycles. The molecule has 1 aromatic rings. The lowest BCUT2D eigenvalue weighted by Gasteiger charge is -2.07. The van der Waals surface area contributed by atoms with Crippen molar-refractivity contribution >= 4 is 18.0 Å². The van der Waals surface area contributed by atoms with E-state index in [1.165, 1.54) is 20.4 Å². The highest BCUT2D eigenvalue weighted by Crippen LogP contribution is 2.26. The topological polar surface area (TPSA) is 89.0 Å². The van der Waals surface area contributed by atoms with E-state index < -0.39 is 11.8 Å². The van der Waals surface area contributed by atoms with E-state index in [1.807, 2.05) is 0 Å². The number of hydrazone groups is 1. The average Bonchev–Trinajstić information content (AvgIpc) is 2.47. The van der Waals surface area contributed by atoms with Gasteiger partial charge in [0.15, 0.2) is 11.5 Å². The molecule has 0 heterocycles. The maximum absolute atomic E-state index is 11.3. The van der Waals surface area contributed by atoms with E-state index in [4.69, 9.17) is 9.47 Å². The van der Waals surface area contributed by atoms with Crippen molar-refractivity contribution in [2.75, 3.05) is 20.8 Å². The van der Waals surface area contributed by atoms with Gasteiger partial charge in [-0.15, -0.1) is 0 Å². The Bertz CT molecular complexity index is 514. The summed E-state index contributed by atoms with van der Waals surface area (Å²) >= 11 is 0. The van der Waals surface area contributed by atoms with Crippen molar-refractivity contribution in [3.8, 4) is 11.5 Å². The quantitative estimate of drug-likeness (QED) is 0.460. The van der Waals surface area contributed by atoms with Gasteiger partial charge >= 0.3 is 11.8 Å². The summed E-state index contributed by atoms with van der Waals surface area (Å²) in [4.78, 5) is 22.4. The first kappa shape index (κ1) is 15.5. The van der Waals surface area contributed by atoms with Crippen LogP contribution in [0.1, 0.15) is 12.5 Å². The van der Waals surface area contributed by atoms with Crippen LogP contribution in [-0.2, 0) is 9.59 Å². The molecular formula is C13H17N3O4. The highest BCUT2D eigenvalue weighted by atomic mass is 16.5. The van der Waals surface area contributed by atoms with E-state index in [2.05, 4.69) is 15.8 Å². The maximum atomic E-state index is 11.3. The van der Waals surface area contributed by atoms with Gasteiger partial charge in [0.2, 0.25) is 0 Å². The third kappa shape index (κ3) is 4.27. The molecule has 0 aromatic heterocycles. The molecule has 1 rings (SSSR count). The largest absolute Gasteiger partial charge is 0.493 e. The number of likely N-dealkylation sites (N-methyl/N-ethyl adjacent to an activating group) is 1. The normalized spacial score (nSPS) is 10.2. The van der Waals surface area contributed by atoms with Crippen LogP contribution in [0.3, 0.4) is 0 Å². The number of nitrogens with one attached hydrogen (secondary N) is 2. The van der Waals surface area contributed by atoms with Crippen LogP contribution in [0.2, 0.25) is 0 Å². The molecule has 2 amide bonds. The minimum Gasteiger partial charge on any atom is -0.493 e. The highest BCUT2D eigenvalue weighted by Gasteiger charge is 2.10. The Morgan fingerprint density at radius 3 is 2.50 bits per heavy atom. The number of ether oxygens (including phenoxy) is 2. The molecule has 0 aliphatic heterocycles. The second-order valence-corrected chi connectivity index (χ2v) is 3.67. The van der Waals surface area contributed by atoms with Crippen molar-refractivity contribution in [1.82, 2.24) is 10.7 Å². The van der Waals surface area contributed by atoms with Crippen molar-refractivity contribution < 1.29 is 19.1 Å². The van der Waals surface area contributed by atoms with Crippen LogP contribution < -0.4 is 20.2 Å². The van der Waals surface area contributed by atoms with Crippen molar-refractivity contribution in [3.05, 3.63) is 23.8 Å². The molecule has 0 radical (unpaired) electrons. The van der Waals surface area contributed by atoms with E-state index in [1.54, 1.807) is 25.1 Å². The van der Waals surface area contributed by atoms with Crippen LogP contribution in [0.5, 0.6) is 11.5 Å². The van der Waals surface area contributed by atoms with E-state index in [9.17, 15) is 9.59 Å². The zero-order chi connectivity index (χ0) is 15.0. The lowest BCUT2D eigenvalue weighted by molar-refractivity contribution is -0.139. The fourth-order valence-corrected chi connectivity index (χ4v) is 1.39. The van der Waals surface area contributed by atoms with Gasteiger partial charge in [0.1, 0.15) is 0 Å². The van der Waals surface area contributed by atoms with Crippen LogP contribution in [0.4, 0.5) is 0 Å². The maximum Gasteiger partial charge on any atom is 0.329 e.